The Balaban J connectivity index is 2.99. The van der Waals surface area contributed by atoms with E-state index in [-0.39, 0.29) is 6.04 Å². The molecule has 13 heavy (non-hydrogen) atoms. The molecule has 3 heteroatoms. The average Bonchev–Trinajstić information content (AvgIpc) is 2.10. The molecule has 0 bridgehead atoms. The predicted octanol–water partition coefficient (Wildman–Crippen LogP) is 2.67. The molecule has 1 aromatic rings. The second kappa shape index (κ2) is 4.74. The van der Waals surface area contributed by atoms with Gasteiger partial charge in [-0.1, -0.05) is 35.0 Å². The lowest BCUT2D eigenvalue weighted by molar-refractivity contribution is 0.537. The Morgan fingerprint density at radius 2 is 2.23 bits per heavy atom. The van der Waals surface area contributed by atoms with Crippen molar-refractivity contribution in [2.24, 2.45) is 5.84 Å². The van der Waals surface area contributed by atoms with Crippen LogP contribution in [0.25, 0.3) is 0 Å². The summed E-state index contributed by atoms with van der Waals surface area (Å²) in [6.07, 6.45) is 0.984. The summed E-state index contributed by atoms with van der Waals surface area (Å²) in [5.41, 5.74) is 5.27. The Labute approximate surface area is 87.6 Å². The van der Waals surface area contributed by atoms with Gasteiger partial charge in [0, 0.05) is 10.5 Å². The average molecular weight is 243 g/mol. The van der Waals surface area contributed by atoms with E-state index < -0.39 is 0 Å². The zero-order valence-corrected chi connectivity index (χ0v) is 9.56. The molecule has 0 amide bonds. The maximum Gasteiger partial charge on any atom is 0.0468 e. The van der Waals surface area contributed by atoms with Crippen LogP contribution in [0, 0.1) is 6.92 Å². The highest BCUT2D eigenvalue weighted by Gasteiger charge is 2.09. The van der Waals surface area contributed by atoms with Gasteiger partial charge in [-0.05, 0) is 30.5 Å². The van der Waals surface area contributed by atoms with Crippen molar-refractivity contribution >= 4 is 15.9 Å². The summed E-state index contributed by atoms with van der Waals surface area (Å²) in [5.74, 6) is 5.45. The Bertz CT molecular complexity index is 282. The molecule has 0 aliphatic rings. The number of nitrogens with one attached hydrogen (secondary N) is 1. The third-order valence-electron chi connectivity index (χ3n) is 2.14. The fourth-order valence-electron chi connectivity index (χ4n) is 1.34. The Morgan fingerprint density at radius 1 is 1.54 bits per heavy atom. The van der Waals surface area contributed by atoms with Crippen LogP contribution in [0.1, 0.15) is 30.5 Å². The first-order chi connectivity index (χ1) is 6.19. The van der Waals surface area contributed by atoms with E-state index in [9.17, 15) is 0 Å². The van der Waals surface area contributed by atoms with Gasteiger partial charge in [0.1, 0.15) is 0 Å². The molecular weight excluding hydrogens is 228 g/mol. The topological polar surface area (TPSA) is 38.0 Å². The summed E-state index contributed by atoms with van der Waals surface area (Å²) in [6.45, 7) is 4.18. The summed E-state index contributed by atoms with van der Waals surface area (Å²) in [6, 6.07) is 6.54. The fraction of sp³-hybridized carbons (Fsp3) is 0.400. The molecule has 72 valence electrons. The number of nitrogens with two attached hydrogens (primary N) is 1. The number of hydrogen-bond acceptors (Lipinski definition) is 2. The summed E-state index contributed by atoms with van der Waals surface area (Å²) in [4.78, 5) is 0. The van der Waals surface area contributed by atoms with Crippen molar-refractivity contribution in [3.63, 3.8) is 0 Å². The number of hydrogen-bond donors (Lipinski definition) is 2. The van der Waals surface area contributed by atoms with Crippen LogP contribution in [0.2, 0.25) is 0 Å². The van der Waals surface area contributed by atoms with Crippen LogP contribution in [0.5, 0.6) is 0 Å². The number of rotatable bonds is 3. The van der Waals surface area contributed by atoms with Crippen molar-refractivity contribution in [2.45, 2.75) is 26.3 Å². The molecule has 1 aromatic carbocycles. The van der Waals surface area contributed by atoms with Gasteiger partial charge < -0.3 is 0 Å². The first-order valence-electron chi connectivity index (χ1n) is 4.41. The van der Waals surface area contributed by atoms with E-state index in [0.717, 1.165) is 10.9 Å². The number of aryl methyl sites for hydroxylation is 1. The van der Waals surface area contributed by atoms with Crippen LogP contribution >= 0.6 is 15.9 Å². The lowest BCUT2D eigenvalue weighted by Crippen LogP contribution is -2.27. The normalized spacial score (nSPS) is 12.9. The van der Waals surface area contributed by atoms with Crippen molar-refractivity contribution in [2.75, 3.05) is 0 Å². The molecule has 0 aromatic heterocycles. The van der Waals surface area contributed by atoms with Crippen molar-refractivity contribution in [1.82, 2.24) is 5.43 Å². The molecule has 1 atom stereocenters. The number of benzene rings is 1. The summed E-state index contributed by atoms with van der Waals surface area (Å²) in [5, 5.41) is 0. The zero-order chi connectivity index (χ0) is 9.84. The molecule has 0 fully saturated rings. The second-order valence-corrected chi connectivity index (χ2v) is 4.01. The van der Waals surface area contributed by atoms with Crippen molar-refractivity contribution in [3.8, 4) is 0 Å². The first-order valence-corrected chi connectivity index (χ1v) is 5.20. The molecular formula is C10H15BrN2. The lowest BCUT2D eigenvalue weighted by atomic mass is 10.0. The molecule has 3 N–H and O–H groups in total. The molecule has 0 saturated heterocycles. The van der Waals surface area contributed by atoms with Crippen LogP contribution in [0.3, 0.4) is 0 Å². The van der Waals surface area contributed by atoms with Crippen molar-refractivity contribution < 1.29 is 0 Å². The minimum absolute atomic E-state index is 0.231. The van der Waals surface area contributed by atoms with Gasteiger partial charge in [-0.3, -0.25) is 11.3 Å². The molecule has 1 unspecified atom stereocenters. The van der Waals surface area contributed by atoms with E-state index in [4.69, 9.17) is 5.84 Å². The molecule has 1 rings (SSSR count). The van der Waals surface area contributed by atoms with E-state index in [1.807, 2.05) is 0 Å². The molecule has 0 aliphatic carbocycles. The highest BCUT2D eigenvalue weighted by atomic mass is 79.9. The largest absolute Gasteiger partial charge is 0.271 e. The maximum atomic E-state index is 5.45. The highest BCUT2D eigenvalue weighted by Crippen LogP contribution is 2.25. The third-order valence-corrected chi connectivity index (χ3v) is 2.83. The van der Waals surface area contributed by atoms with Crippen LogP contribution in [0.15, 0.2) is 22.7 Å². The summed E-state index contributed by atoms with van der Waals surface area (Å²) in [7, 11) is 0. The van der Waals surface area contributed by atoms with Crippen molar-refractivity contribution in [3.05, 3.63) is 33.8 Å². The van der Waals surface area contributed by atoms with Gasteiger partial charge in [0.15, 0.2) is 0 Å². The maximum absolute atomic E-state index is 5.45. The van der Waals surface area contributed by atoms with Crippen molar-refractivity contribution in [1.29, 1.82) is 0 Å². The van der Waals surface area contributed by atoms with Gasteiger partial charge in [0.25, 0.3) is 0 Å². The van der Waals surface area contributed by atoms with Crippen LogP contribution in [-0.4, -0.2) is 0 Å². The summed E-state index contributed by atoms with van der Waals surface area (Å²) < 4.78 is 1.12. The minimum Gasteiger partial charge on any atom is -0.271 e. The van der Waals surface area contributed by atoms with Gasteiger partial charge in [0.2, 0.25) is 0 Å². The van der Waals surface area contributed by atoms with Gasteiger partial charge in [-0.2, -0.15) is 0 Å². The van der Waals surface area contributed by atoms with E-state index in [1.165, 1.54) is 11.1 Å². The number of halogens is 1. The van der Waals surface area contributed by atoms with E-state index in [2.05, 4.69) is 53.4 Å². The van der Waals surface area contributed by atoms with Gasteiger partial charge in [-0.25, -0.2) is 0 Å². The predicted molar refractivity (Wildman–Crippen MR) is 59.2 cm³/mol. The number of hydrazine groups is 1. The first kappa shape index (κ1) is 10.7. The molecule has 0 saturated carbocycles. The van der Waals surface area contributed by atoms with Crippen LogP contribution < -0.4 is 11.3 Å². The Morgan fingerprint density at radius 3 is 2.69 bits per heavy atom. The fourth-order valence-corrected chi connectivity index (χ4v) is 2.11. The zero-order valence-electron chi connectivity index (χ0n) is 7.97. The molecule has 2 nitrogen and oxygen atoms in total. The minimum atomic E-state index is 0.231. The van der Waals surface area contributed by atoms with Gasteiger partial charge in [0.05, 0.1) is 0 Å². The van der Waals surface area contributed by atoms with Crippen LogP contribution in [0.4, 0.5) is 0 Å². The van der Waals surface area contributed by atoms with Gasteiger partial charge in [-0.15, -0.1) is 0 Å². The van der Waals surface area contributed by atoms with Crippen LogP contribution in [-0.2, 0) is 0 Å². The Kier molecular flexibility index (Phi) is 3.90. The third kappa shape index (κ3) is 2.53. The van der Waals surface area contributed by atoms with E-state index in [1.54, 1.807) is 0 Å². The molecule has 0 heterocycles. The van der Waals surface area contributed by atoms with Gasteiger partial charge >= 0.3 is 0 Å². The van der Waals surface area contributed by atoms with E-state index in [0.29, 0.717) is 0 Å². The standard InChI is InChI=1S/C10H15BrN2/c1-3-10(13-12)8-5-4-7(2)6-9(8)11/h4-6,10,13H,3,12H2,1-2H3. The molecule has 0 spiro atoms. The van der Waals surface area contributed by atoms with E-state index >= 15 is 0 Å². The summed E-state index contributed by atoms with van der Waals surface area (Å²) >= 11 is 3.53. The molecule has 0 aliphatic heterocycles. The SMILES string of the molecule is CCC(NN)c1ccc(C)cc1Br. The lowest BCUT2D eigenvalue weighted by Gasteiger charge is -2.15. The second-order valence-electron chi connectivity index (χ2n) is 3.15. The monoisotopic (exact) mass is 242 g/mol. The highest BCUT2D eigenvalue weighted by molar-refractivity contribution is 9.10. The smallest absolute Gasteiger partial charge is 0.0468 e. The quantitative estimate of drug-likeness (QED) is 0.632. The molecule has 0 radical (unpaired) electrons. The Hall–Kier alpha value is -0.380.